The van der Waals surface area contributed by atoms with Crippen LogP contribution < -0.4 is 5.32 Å². The molecule has 2 aliphatic rings. The highest BCUT2D eigenvalue weighted by atomic mass is 35.5. The lowest BCUT2D eigenvalue weighted by atomic mass is 10.0. The van der Waals surface area contributed by atoms with Crippen molar-refractivity contribution < 1.29 is 0 Å². The molecule has 2 nitrogen and oxygen atoms in total. The van der Waals surface area contributed by atoms with Gasteiger partial charge in [0.15, 0.2) is 0 Å². The zero-order chi connectivity index (χ0) is 8.23. The smallest absolute Gasteiger partial charge is 0.0195 e. The molecular weight excluding hydrogens is 184 g/mol. The number of hydrogen-bond donors (Lipinski definition) is 1. The molecule has 1 N–H and O–H groups in total. The third-order valence-electron chi connectivity index (χ3n) is 3.09. The van der Waals surface area contributed by atoms with Gasteiger partial charge in [-0.15, -0.1) is 12.4 Å². The van der Waals surface area contributed by atoms with E-state index in [1.807, 2.05) is 0 Å². The van der Waals surface area contributed by atoms with Crippen LogP contribution in [0.2, 0.25) is 0 Å². The van der Waals surface area contributed by atoms with E-state index in [9.17, 15) is 0 Å². The standard InChI is InChI=1S/C10H20N2.ClH/c1-2-6-11-10(5-1)9-12-7-3-4-8-12;/h10-11H,1-9H2;1H/t10-;/m0./s1. The van der Waals surface area contributed by atoms with Crippen LogP contribution in [0.3, 0.4) is 0 Å². The van der Waals surface area contributed by atoms with Gasteiger partial charge in [-0.3, -0.25) is 0 Å². The number of nitrogens with one attached hydrogen (secondary N) is 1. The van der Waals surface area contributed by atoms with Gasteiger partial charge in [0, 0.05) is 12.6 Å². The first kappa shape index (κ1) is 11.3. The zero-order valence-corrected chi connectivity index (χ0v) is 9.11. The van der Waals surface area contributed by atoms with Gasteiger partial charge in [-0.05, 0) is 45.3 Å². The van der Waals surface area contributed by atoms with Crippen molar-refractivity contribution in [3.8, 4) is 0 Å². The largest absolute Gasteiger partial charge is 0.313 e. The Labute approximate surface area is 87.5 Å². The molecule has 0 unspecified atom stereocenters. The van der Waals surface area contributed by atoms with Crippen LogP contribution in [-0.4, -0.2) is 37.1 Å². The molecule has 2 aliphatic heterocycles. The van der Waals surface area contributed by atoms with Gasteiger partial charge in [-0.1, -0.05) is 6.42 Å². The highest BCUT2D eigenvalue weighted by Gasteiger charge is 2.18. The van der Waals surface area contributed by atoms with Gasteiger partial charge in [-0.2, -0.15) is 0 Å². The molecular formula is C10H21ClN2. The van der Waals surface area contributed by atoms with Crippen molar-refractivity contribution in [2.24, 2.45) is 0 Å². The van der Waals surface area contributed by atoms with Crippen LogP contribution in [0.25, 0.3) is 0 Å². The normalized spacial score (nSPS) is 30.0. The van der Waals surface area contributed by atoms with Gasteiger partial charge in [-0.25, -0.2) is 0 Å². The third kappa shape index (κ3) is 3.45. The van der Waals surface area contributed by atoms with Gasteiger partial charge >= 0.3 is 0 Å². The molecule has 2 rings (SSSR count). The van der Waals surface area contributed by atoms with E-state index >= 15 is 0 Å². The molecule has 78 valence electrons. The van der Waals surface area contributed by atoms with Crippen molar-refractivity contribution in [2.75, 3.05) is 26.2 Å². The molecule has 2 saturated heterocycles. The molecule has 0 radical (unpaired) electrons. The molecule has 1 atom stereocenters. The first-order valence-corrected chi connectivity index (χ1v) is 5.41. The quantitative estimate of drug-likeness (QED) is 0.736. The predicted molar refractivity (Wildman–Crippen MR) is 58.6 cm³/mol. The maximum atomic E-state index is 3.60. The molecule has 0 aromatic rings. The summed E-state index contributed by atoms with van der Waals surface area (Å²) in [7, 11) is 0. The molecule has 0 aliphatic carbocycles. The van der Waals surface area contributed by atoms with Gasteiger partial charge in [0.2, 0.25) is 0 Å². The molecule has 0 bridgehead atoms. The first-order valence-electron chi connectivity index (χ1n) is 5.41. The fourth-order valence-electron chi connectivity index (χ4n) is 2.36. The van der Waals surface area contributed by atoms with Crippen molar-refractivity contribution in [2.45, 2.75) is 38.1 Å². The van der Waals surface area contributed by atoms with Crippen molar-refractivity contribution in [1.82, 2.24) is 10.2 Å². The Morgan fingerprint density at radius 3 is 2.46 bits per heavy atom. The van der Waals surface area contributed by atoms with Crippen molar-refractivity contribution >= 4 is 12.4 Å². The van der Waals surface area contributed by atoms with E-state index in [0.717, 1.165) is 6.04 Å². The predicted octanol–water partition coefficient (Wildman–Crippen LogP) is 1.65. The highest BCUT2D eigenvalue weighted by molar-refractivity contribution is 5.85. The summed E-state index contributed by atoms with van der Waals surface area (Å²) in [6, 6.07) is 0.803. The van der Waals surface area contributed by atoms with E-state index in [4.69, 9.17) is 0 Å². The minimum Gasteiger partial charge on any atom is -0.313 e. The monoisotopic (exact) mass is 204 g/mol. The molecule has 2 fully saturated rings. The highest BCUT2D eigenvalue weighted by Crippen LogP contribution is 2.12. The second kappa shape index (κ2) is 5.84. The van der Waals surface area contributed by atoms with Gasteiger partial charge in [0.25, 0.3) is 0 Å². The minimum atomic E-state index is 0. The zero-order valence-electron chi connectivity index (χ0n) is 8.30. The molecule has 2 heterocycles. The Bertz CT molecular complexity index is 129. The topological polar surface area (TPSA) is 15.3 Å². The van der Waals surface area contributed by atoms with Crippen molar-refractivity contribution in [1.29, 1.82) is 0 Å². The summed E-state index contributed by atoms with van der Waals surface area (Å²) in [6.07, 6.45) is 7.07. The van der Waals surface area contributed by atoms with E-state index in [2.05, 4.69) is 10.2 Å². The number of rotatable bonds is 2. The SMILES string of the molecule is C1CC[C@@H](CN2CCCC2)NC1.Cl. The lowest BCUT2D eigenvalue weighted by Crippen LogP contribution is -2.42. The lowest BCUT2D eigenvalue weighted by molar-refractivity contribution is 0.263. The number of halogens is 1. The first-order chi connectivity index (χ1) is 5.95. The van der Waals surface area contributed by atoms with Gasteiger partial charge in [0.05, 0.1) is 0 Å². The summed E-state index contributed by atoms with van der Waals surface area (Å²) in [5.41, 5.74) is 0. The summed E-state index contributed by atoms with van der Waals surface area (Å²) in [4.78, 5) is 2.61. The van der Waals surface area contributed by atoms with E-state index in [1.165, 1.54) is 58.3 Å². The fraction of sp³-hybridized carbons (Fsp3) is 1.00. The number of likely N-dealkylation sites (tertiary alicyclic amines) is 1. The fourth-order valence-corrected chi connectivity index (χ4v) is 2.36. The van der Waals surface area contributed by atoms with Crippen LogP contribution in [0.5, 0.6) is 0 Å². The molecule has 0 saturated carbocycles. The van der Waals surface area contributed by atoms with E-state index < -0.39 is 0 Å². The second-order valence-corrected chi connectivity index (χ2v) is 4.15. The molecule has 0 amide bonds. The number of hydrogen-bond acceptors (Lipinski definition) is 2. The second-order valence-electron chi connectivity index (χ2n) is 4.15. The molecule has 13 heavy (non-hydrogen) atoms. The number of piperidine rings is 1. The van der Waals surface area contributed by atoms with Crippen LogP contribution in [0, 0.1) is 0 Å². The van der Waals surface area contributed by atoms with Crippen molar-refractivity contribution in [3.05, 3.63) is 0 Å². The maximum absolute atomic E-state index is 3.60. The third-order valence-corrected chi connectivity index (χ3v) is 3.09. The van der Waals surface area contributed by atoms with Crippen molar-refractivity contribution in [3.63, 3.8) is 0 Å². The summed E-state index contributed by atoms with van der Waals surface area (Å²) in [5, 5.41) is 3.60. The summed E-state index contributed by atoms with van der Waals surface area (Å²) < 4.78 is 0. The Morgan fingerprint density at radius 1 is 1.08 bits per heavy atom. The van der Waals surface area contributed by atoms with Gasteiger partial charge < -0.3 is 10.2 Å². The summed E-state index contributed by atoms with van der Waals surface area (Å²) in [6.45, 7) is 5.24. The summed E-state index contributed by atoms with van der Waals surface area (Å²) in [5.74, 6) is 0. The van der Waals surface area contributed by atoms with E-state index in [1.54, 1.807) is 0 Å². The average Bonchev–Trinajstić information content (AvgIpc) is 2.59. The van der Waals surface area contributed by atoms with Gasteiger partial charge in [0.1, 0.15) is 0 Å². The van der Waals surface area contributed by atoms with Crippen LogP contribution in [0.4, 0.5) is 0 Å². The Balaban J connectivity index is 0.000000845. The maximum Gasteiger partial charge on any atom is 0.0195 e. The molecule has 3 heteroatoms. The molecule has 0 spiro atoms. The molecule has 0 aromatic heterocycles. The average molecular weight is 205 g/mol. The van der Waals surface area contributed by atoms with Crippen LogP contribution in [0.15, 0.2) is 0 Å². The van der Waals surface area contributed by atoms with E-state index in [0.29, 0.717) is 0 Å². The van der Waals surface area contributed by atoms with Crippen LogP contribution >= 0.6 is 12.4 Å². The number of nitrogens with zero attached hydrogens (tertiary/aromatic N) is 1. The van der Waals surface area contributed by atoms with E-state index in [-0.39, 0.29) is 12.4 Å². The Kier molecular flexibility index (Phi) is 5.07. The Hall–Kier alpha value is 0.210. The Morgan fingerprint density at radius 2 is 1.85 bits per heavy atom. The van der Waals surface area contributed by atoms with Crippen LogP contribution in [-0.2, 0) is 0 Å². The summed E-state index contributed by atoms with van der Waals surface area (Å²) >= 11 is 0. The lowest BCUT2D eigenvalue weighted by Gasteiger charge is -2.27. The minimum absolute atomic E-state index is 0. The van der Waals surface area contributed by atoms with Crippen LogP contribution in [0.1, 0.15) is 32.1 Å². The molecule has 0 aromatic carbocycles.